The van der Waals surface area contributed by atoms with E-state index in [1.807, 2.05) is 73.5 Å². The van der Waals surface area contributed by atoms with Crippen LogP contribution in [-0.2, 0) is 6.54 Å². The van der Waals surface area contributed by atoms with Crippen molar-refractivity contribution in [1.29, 1.82) is 0 Å². The fourth-order valence-corrected chi connectivity index (χ4v) is 7.71. The van der Waals surface area contributed by atoms with Crippen LogP contribution in [0.1, 0.15) is 71.3 Å². The van der Waals surface area contributed by atoms with E-state index in [1.165, 1.54) is 0 Å². The van der Waals surface area contributed by atoms with E-state index < -0.39 is 16.1 Å². The van der Waals surface area contributed by atoms with Crippen molar-refractivity contribution in [1.82, 2.24) is 10.3 Å². The fraction of sp³-hybridized carbons (Fsp3) is 0.441. The summed E-state index contributed by atoms with van der Waals surface area (Å²) in [4.78, 5) is 15.0. The van der Waals surface area contributed by atoms with E-state index in [9.17, 15) is 4.79 Å². The number of hydrogen-bond donors (Lipinski definition) is 2. The molecule has 0 bridgehead atoms. The number of nitrogens with zero attached hydrogens (tertiary/aromatic N) is 2. The van der Waals surface area contributed by atoms with Crippen molar-refractivity contribution in [3.63, 3.8) is 0 Å². The van der Waals surface area contributed by atoms with E-state index >= 15 is 5.21 Å². The number of hydrazine groups is 1. The summed E-state index contributed by atoms with van der Waals surface area (Å²) in [6.45, 7) is 8.18. The molecule has 0 radical (unpaired) electrons. The molecule has 2 saturated heterocycles. The minimum absolute atomic E-state index is 0.0335. The maximum absolute atomic E-state index is 15.0. The molecule has 3 N–H and O–H groups in total. The number of Topliss-reactive ketones (excluding diaryl/α,β-unsaturated/α-hetero) is 1. The highest BCUT2D eigenvalue weighted by Crippen LogP contribution is 2.52. The Kier molecular flexibility index (Phi) is 9.45. The molecule has 5 atom stereocenters. The summed E-state index contributed by atoms with van der Waals surface area (Å²) < 4.78 is -0.471. The van der Waals surface area contributed by atoms with Crippen LogP contribution in [0.2, 0.25) is 10.0 Å². The van der Waals surface area contributed by atoms with Crippen LogP contribution >= 0.6 is 23.2 Å². The molecule has 3 aromatic carbocycles. The van der Waals surface area contributed by atoms with E-state index in [4.69, 9.17) is 29.0 Å². The van der Waals surface area contributed by atoms with Gasteiger partial charge in [-0.1, -0.05) is 90.1 Å². The van der Waals surface area contributed by atoms with Gasteiger partial charge in [-0.3, -0.25) is 10.6 Å². The van der Waals surface area contributed by atoms with Crippen molar-refractivity contribution in [2.75, 3.05) is 19.6 Å². The van der Waals surface area contributed by atoms with Gasteiger partial charge in [0.05, 0.1) is 22.0 Å². The molecular formula is C34H42Cl2N4O2. The number of carbonyl (C=O) groups is 1. The number of nitrogens with one attached hydrogen (secondary N) is 1. The Balaban J connectivity index is 1.67. The predicted molar refractivity (Wildman–Crippen MR) is 171 cm³/mol. The minimum atomic E-state index is -0.849. The Labute approximate surface area is 259 Å². The van der Waals surface area contributed by atoms with Crippen LogP contribution in [0.15, 0.2) is 66.7 Å². The number of nitrogens with two attached hydrogens (primary N) is 1. The number of rotatable bonds is 8. The zero-order chi connectivity index (χ0) is 30.1. The summed E-state index contributed by atoms with van der Waals surface area (Å²) in [5.74, 6) is 6.71. The van der Waals surface area contributed by atoms with Crippen LogP contribution in [0.25, 0.3) is 0 Å². The average molecular weight is 610 g/mol. The van der Waals surface area contributed by atoms with Gasteiger partial charge in [-0.15, -0.1) is 0 Å². The normalized spacial score (nSPS) is 28.5. The predicted octanol–water partition coefficient (Wildman–Crippen LogP) is 7.15. The number of hydroxylamine groups is 3. The number of piperazine rings is 1. The summed E-state index contributed by atoms with van der Waals surface area (Å²) in [5.41, 5.74) is 3.72. The van der Waals surface area contributed by atoms with Gasteiger partial charge in [-0.25, -0.2) is 5.01 Å². The molecule has 224 valence electrons. The molecule has 0 saturated carbocycles. The van der Waals surface area contributed by atoms with Crippen molar-refractivity contribution in [2.24, 2.45) is 11.3 Å². The van der Waals surface area contributed by atoms with E-state index in [1.54, 1.807) is 6.07 Å². The van der Waals surface area contributed by atoms with E-state index in [0.717, 1.165) is 35.1 Å². The number of halogens is 2. The van der Waals surface area contributed by atoms with Gasteiger partial charge >= 0.3 is 0 Å². The highest BCUT2D eigenvalue weighted by atomic mass is 35.5. The zero-order valence-electron chi connectivity index (χ0n) is 24.8. The van der Waals surface area contributed by atoms with E-state index in [0.29, 0.717) is 48.1 Å². The molecule has 2 fully saturated rings. The quantitative estimate of drug-likeness (QED) is 0.123. The molecule has 8 heteroatoms. The number of benzene rings is 3. The lowest BCUT2D eigenvalue weighted by Crippen LogP contribution is -2.70. The SMILES string of the molecule is CCCC1C(C2(C(=O)c3cc(C)cc(C)c3)CC[N+]([O-])(Cc3ccccc3)C(c3ccc(Cl)c(Cl)c3)C2)NCCN1N. The molecule has 2 aliphatic heterocycles. The van der Waals surface area contributed by atoms with Crippen molar-refractivity contribution < 1.29 is 9.44 Å². The molecular weight excluding hydrogens is 567 g/mol. The molecule has 2 heterocycles. The Morgan fingerprint density at radius 3 is 2.45 bits per heavy atom. The first-order valence-electron chi connectivity index (χ1n) is 15.0. The first kappa shape index (κ1) is 31.1. The number of likely N-dealkylation sites (tertiary alicyclic amines) is 1. The number of hydrogen-bond acceptors (Lipinski definition) is 5. The molecule has 2 aliphatic rings. The van der Waals surface area contributed by atoms with Crippen molar-refractivity contribution in [3.8, 4) is 0 Å². The summed E-state index contributed by atoms with van der Waals surface area (Å²) in [6, 6.07) is 20.6. The lowest BCUT2D eigenvalue weighted by Gasteiger charge is -2.59. The topological polar surface area (TPSA) is 81.4 Å². The standard InChI is InChI=1S/C34H42Cl2N4O2/c1-4-8-30-32(38-14-15-39(30)37)34(33(41)27-18-23(2)17-24(3)19-27)13-16-40(42,22-25-9-6-5-7-10-25)31(21-34)26-11-12-28(35)29(36)20-26/h5-7,9-12,17-20,30-32,38H,4,8,13-16,21-22,37H2,1-3H3. The number of piperidine rings is 1. The Morgan fingerprint density at radius 1 is 1.07 bits per heavy atom. The fourth-order valence-electron chi connectivity index (χ4n) is 7.41. The molecule has 6 nitrogen and oxygen atoms in total. The highest BCUT2D eigenvalue weighted by Gasteiger charge is 2.57. The zero-order valence-corrected chi connectivity index (χ0v) is 26.3. The Bertz CT molecular complexity index is 1400. The van der Waals surface area contributed by atoms with Crippen molar-refractivity contribution >= 4 is 29.0 Å². The van der Waals surface area contributed by atoms with Gasteiger partial charge in [-0.05, 0) is 44.5 Å². The van der Waals surface area contributed by atoms with Crippen molar-refractivity contribution in [3.05, 3.63) is 110 Å². The molecule has 5 unspecified atom stereocenters. The molecule has 5 rings (SSSR count). The highest BCUT2D eigenvalue weighted by molar-refractivity contribution is 6.42. The molecule has 3 aromatic rings. The van der Waals surface area contributed by atoms with Crippen LogP contribution in [0.4, 0.5) is 0 Å². The van der Waals surface area contributed by atoms with Crippen LogP contribution in [0.3, 0.4) is 0 Å². The largest absolute Gasteiger partial charge is 0.632 e. The molecule has 42 heavy (non-hydrogen) atoms. The maximum atomic E-state index is 15.0. The summed E-state index contributed by atoms with van der Waals surface area (Å²) >= 11 is 12.9. The first-order valence-corrected chi connectivity index (χ1v) is 15.8. The third kappa shape index (κ3) is 6.18. The lowest BCUT2D eigenvalue weighted by atomic mass is 9.62. The summed E-state index contributed by atoms with van der Waals surface area (Å²) in [6.07, 6.45) is 2.63. The second-order valence-electron chi connectivity index (χ2n) is 12.4. The van der Waals surface area contributed by atoms with Gasteiger partial charge < -0.3 is 15.2 Å². The molecule has 0 spiro atoms. The van der Waals surface area contributed by atoms with Crippen LogP contribution < -0.4 is 11.2 Å². The maximum Gasteiger partial charge on any atom is 0.171 e. The van der Waals surface area contributed by atoms with Crippen LogP contribution in [0.5, 0.6) is 0 Å². The number of ketones is 1. The van der Waals surface area contributed by atoms with Gasteiger partial charge in [0.1, 0.15) is 12.6 Å². The Hall–Kier alpha value is -2.29. The third-order valence-electron chi connectivity index (χ3n) is 9.34. The number of quaternary nitrogens is 1. The van der Waals surface area contributed by atoms with Gasteiger partial charge in [0, 0.05) is 54.7 Å². The van der Waals surface area contributed by atoms with Crippen LogP contribution in [0, 0.1) is 24.5 Å². The molecule has 0 aliphatic carbocycles. The Morgan fingerprint density at radius 2 is 1.79 bits per heavy atom. The minimum Gasteiger partial charge on any atom is -0.632 e. The van der Waals surface area contributed by atoms with Gasteiger partial charge in [0.25, 0.3) is 0 Å². The van der Waals surface area contributed by atoms with E-state index in [-0.39, 0.29) is 24.4 Å². The first-order chi connectivity index (χ1) is 20.1. The van der Waals surface area contributed by atoms with E-state index in [2.05, 4.69) is 18.3 Å². The second kappa shape index (κ2) is 12.7. The lowest BCUT2D eigenvalue weighted by molar-refractivity contribution is -0.931. The molecule has 0 aromatic heterocycles. The van der Waals surface area contributed by atoms with Gasteiger partial charge in [0.2, 0.25) is 0 Å². The summed E-state index contributed by atoms with van der Waals surface area (Å²) in [7, 11) is 0. The average Bonchev–Trinajstić information content (AvgIpc) is 2.96. The third-order valence-corrected chi connectivity index (χ3v) is 10.1. The second-order valence-corrected chi connectivity index (χ2v) is 13.2. The van der Waals surface area contributed by atoms with Gasteiger partial charge in [0.15, 0.2) is 5.78 Å². The molecule has 0 amide bonds. The summed E-state index contributed by atoms with van der Waals surface area (Å²) in [5, 5.41) is 21.5. The smallest absolute Gasteiger partial charge is 0.171 e. The monoisotopic (exact) mass is 608 g/mol. The van der Waals surface area contributed by atoms with Gasteiger partial charge in [-0.2, -0.15) is 0 Å². The number of carbonyl (C=O) groups excluding carboxylic acids is 1. The van der Waals surface area contributed by atoms with Crippen molar-refractivity contribution in [2.45, 2.75) is 71.1 Å². The number of aryl methyl sites for hydroxylation is 2. The van der Waals surface area contributed by atoms with Crippen LogP contribution in [-0.4, -0.2) is 47.2 Å².